The quantitative estimate of drug-likeness (QED) is 0.667. The zero-order valence-corrected chi connectivity index (χ0v) is 9.71. The minimum absolute atomic E-state index is 0.113. The van der Waals surface area contributed by atoms with Crippen LogP contribution in [0, 0.1) is 0 Å². The zero-order chi connectivity index (χ0) is 10.6. The number of rotatable bonds is 6. The Bertz CT molecular complexity index is 165. The summed E-state index contributed by atoms with van der Waals surface area (Å²) in [5.74, 6) is 0. The van der Waals surface area contributed by atoms with Gasteiger partial charge < -0.3 is 15.3 Å². The second kappa shape index (κ2) is 5.10. The van der Waals surface area contributed by atoms with Gasteiger partial charge in [-0.1, -0.05) is 6.42 Å². The lowest BCUT2D eigenvalue weighted by Gasteiger charge is -2.37. The van der Waals surface area contributed by atoms with E-state index in [-0.39, 0.29) is 12.1 Å². The topological polar surface area (TPSA) is 35.5 Å². The fourth-order valence-electron chi connectivity index (χ4n) is 1.72. The highest BCUT2D eigenvalue weighted by Gasteiger charge is 2.25. The normalized spacial score (nSPS) is 22.1. The fraction of sp³-hybridized carbons (Fsp3) is 1.00. The van der Waals surface area contributed by atoms with Crippen molar-refractivity contribution in [1.82, 2.24) is 10.2 Å². The van der Waals surface area contributed by atoms with Crippen LogP contribution < -0.4 is 5.32 Å². The van der Waals surface area contributed by atoms with E-state index in [0.717, 1.165) is 19.0 Å². The first-order valence-corrected chi connectivity index (χ1v) is 5.61. The van der Waals surface area contributed by atoms with Crippen molar-refractivity contribution in [2.24, 2.45) is 0 Å². The molecule has 1 aliphatic carbocycles. The Morgan fingerprint density at radius 3 is 2.50 bits per heavy atom. The van der Waals surface area contributed by atoms with E-state index in [1.807, 2.05) is 7.05 Å². The van der Waals surface area contributed by atoms with E-state index in [1.165, 1.54) is 19.3 Å². The number of nitrogens with one attached hydrogen (secondary N) is 1. The van der Waals surface area contributed by atoms with Crippen molar-refractivity contribution in [3.8, 4) is 0 Å². The summed E-state index contributed by atoms with van der Waals surface area (Å²) in [4.78, 5) is 2.43. The van der Waals surface area contributed by atoms with Crippen LogP contribution in [0.2, 0.25) is 0 Å². The van der Waals surface area contributed by atoms with Gasteiger partial charge in [0.1, 0.15) is 0 Å². The SMILES string of the molecule is CNC(C)(CO)CCN(C)C1CCC1. The molecule has 0 amide bonds. The average Bonchev–Trinajstić information content (AvgIpc) is 2.11. The van der Waals surface area contributed by atoms with Crippen molar-refractivity contribution >= 4 is 0 Å². The summed E-state index contributed by atoms with van der Waals surface area (Å²) < 4.78 is 0. The molecule has 14 heavy (non-hydrogen) atoms. The van der Waals surface area contributed by atoms with Crippen molar-refractivity contribution in [2.45, 2.75) is 44.2 Å². The van der Waals surface area contributed by atoms with Gasteiger partial charge in [-0.15, -0.1) is 0 Å². The molecule has 1 atom stereocenters. The van der Waals surface area contributed by atoms with Gasteiger partial charge in [0.15, 0.2) is 0 Å². The first-order valence-electron chi connectivity index (χ1n) is 5.61. The molecule has 0 aliphatic heterocycles. The molecule has 0 saturated heterocycles. The fourth-order valence-corrected chi connectivity index (χ4v) is 1.72. The summed E-state index contributed by atoms with van der Waals surface area (Å²) in [6, 6.07) is 0.801. The summed E-state index contributed by atoms with van der Waals surface area (Å²) in [5, 5.41) is 12.4. The Labute approximate surface area is 87.5 Å². The zero-order valence-electron chi connectivity index (χ0n) is 9.71. The standard InChI is InChI=1S/C11H24N2O/c1-11(9-14,12-2)7-8-13(3)10-5-4-6-10/h10,12,14H,4-9H2,1-3H3. The van der Waals surface area contributed by atoms with Crippen LogP contribution >= 0.6 is 0 Å². The molecule has 0 aromatic heterocycles. The molecule has 0 spiro atoms. The largest absolute Gasteiger partial charge is 0.394 e. The molecule has 1 aliphatic rings. The highest BCUT2D eigenvalue weighted by molar-refractivity contribution is 4.84. The second-order valence-electron chi connectivity index (χ2n) is 4.78. The van der Waals surface area contributed by atoms with E-state index in [4.69, 9.17) is 0 Å². The molecular weight excluding hydrogens is 176 g/mol. The van der Waals surface area contributed by atoms with Gasteiger partial charge in [0.2, 0.25) is 0 Å². The molecule has 0 aromatic carbocycles. The molecule has 1 saturated carbocycles. The average molecular weight is 200 g/mol. The van der Waals surface area contributed by atoms with Crippen LogP contribution in [0.25, 0.3) is 0 Å². The van der Waals surface area contributed by atoms with Gasteiger partial charge >= 0.3 is 0 Å². The van der Waals surface area contributed by atoms with E-state index in [9.17, 15) is 5.11 Å². The molecular formula is C11H24N2O. The van der Waals surface area contributed by atoms with E-state index in [0.29, 0.717) is 0 Å². The lowest BCUT2D eigenvalue weighted by Crippen LogP contribution is -2.47. The highest BCUT2D eigenvalue weighted by Crippen LogP contribution is 2.24. The molecule has 0 heterocycles. The predicted octanol–water partition coefficient (Wildman–Crippen LogP) is 0.831. The third-order valence-electron chi connectivity index (χ3n) is 3.67. The van der Waals surface area contributed by atoms with Crippen LogP contribution in [-0.2, 0) is 0 Å². The van der Waals surface area contributed by atoms with Crippen molar-refractivity contribution in [2.75, 3.05) is 27.2 Å². The number of nitrogens with zero attached hydrogens (tertiary/aromatic N) is 1. The molecule has 2 N–H and O–H groups in total. The second-order valence-corrected chi connectivity index (χ2v) is 4.78. The maximum atomic E-state index is 9.23. The smallest absolute Gasteiger partial charge is 0.0610 e. The highest BCUT2D eigenvalue weighted by atomic mass is 16.3. The molecule has 84 valence electrons. The minimum Gasteiger partial charge on any atom is -0.394 e. The number of hydrogen-bond acceptors (Lipinski definition) is 3. The van der Waals surface area contributed by atoms with Gasteiger partial charge in [-0.3, -0.25) is 0 Å². The molecule has 3 nitrogen and oxygen atoms in total. The van der Waals surface area contributed by atoms with E-state index < -0.39 is 0 Å². The summed E-state index contributed by atoms with van der Waals surface area (Å²) in [6.07, 6.45) is 5.10. The summed E-state index contributed by atoms with van der Waals surface area (Å²) in [6.45, 7) is 3.35. The first-order chi connectivity index (χ1) is 6.61. The Kier molecular flexibility index (Phi) is 4.35. The predicted molar refractivity (Wildman–Crippen MR) is 59.4 cm³/mol. The van der Waals surface area contributed by atoms with Crippen LogP contribution in [0.4, 0.5) is 0 Å². The lowest BCUT2D eigenvalue weighted by molar-refractivity contribution is 0.120. The molecule has 1 rings (SSSR count). The maximum Gasteiger partial charge on any atom is 0.0610 e. The van der Waals surface area contributed by atoms with Crippen LogP contribution in [0.3, 0.4) is 0 Å². The van der Waals surface area contributed by atoms with Gasteiger partial charge in [0.25, 0.3) is 0 Å². The number of likely N-dealkylation sites (N-methyl/N-ethyl adjacent to an activating group) is 1. The Morgan fingerprint density at radius 2 is 2.14 bits per heavy atom. The molecule has 1 fully saturated rings. The van der Waals surface area contributed by atoms with Gasteiger partial charge in [-0.05, 0) is 46.8 Å². The lowest BCUT2D eigenvalue weighted by atomic mass is 9.91. The Balaban J connectivity index is 2.23. The summed E-state index contributed by atoms with van der Waals surface area (Å²) >= 11 is 0. The van der Waals surface area contributed by atoms with Gasteiger partial charge in [0, 0.05) is 11.6 Å². The monoisotopic (exact) mass is 200 g/mol. The third-order valence-corrected chi connectivity index (χ3v) is 3.67. The van der Waals surface area contributed by atoms with Gasteiger partial charge in [-0.25, -0.2) is 0 Å². The van der Waals surface area contributed by atoms with Crippen LogP contribution in [0.5, 0.6) is 0 Å². The number of hydrogen-bond donors (Lipinski definition) is 2. The van der Waals surface area contributed by atoms with E-state index in [2.05, 4.69) is 24.2 Å². The first kappa shape index (κ1) is 12.0. The third kappa shape index (κ3) is 2.94. The summed E-state index contributed by atoms with van der Waals surface area (Å²) in [5.41, 5.74) is -0.113. The molecule has 3 heteroatoms. The van der Waals surface area contributed by atoms with Crippen molar-refractivity contribution < 1.29 is 5.11 Å². The Morgan fingerprint density at radius 1 is 1.50 bits per heavy atom. The minimum atomic E-state index is -0.113. The van der Waals surface area contributed by atoms with Crippen molar-refractivity contribution in [3.63, 3.8) is 0 Å². The number of aliphatic hydroxyl groups is 1. The van der Waals surface area contributed by atoms with Crippen LogP contribution in [0.1, 0.15) is 32.6 Å². The van der Waals surface area contributed by atoms with Crippen molar-refractivity contribution in [3.05, 3.63) is 0 Å². The van der Waals surface area contributed by atoms with Crippen molar-refractivity contribution in [1.29, 1.82) is 0 Å². The summed E-state index contributed by atoms with van der Waals surface area (Å²) in [7, 11) is 4.11. The van der Waals surface area contributed by atoms with E-state index >= 15 is 0 Å². The molecule has 0 aromatic rings. The van der Waals surface area contributed by atoms with Gasteiger partial charge in [-0.2, -0.15) is 0 Å². The Hall–Kier alpha value is -0.120. The molecule has 0 radical (unpaired) electrons. The molecule has 0 bridgehead atoms. The number of aliphatic hydroxyl groups excluding tert-OH is 1. The maximum absolute atomic E-state index is 9.23. The van der Waals surface area contributed by atoms with Crippen LogP contribution in [0.15, 0.2) is 0 Å². The van der Waals surface area contributed by atoms with E-state index in [1.54, 1.807) is 0 Å². The van der Waals surface area contributed by atoms with Gasteiger partial charge in [0.05, 0.1) is 6.61 Å². The van der Waals surface area contributed by atoms with Crippen LogP contribution in [-0.4, -0.2) is 48.8 Å². The molecule has 1 unspecified atom stereocenters.